The van der Waals surface area contributed by atoms with E-state index in [4.69, 9.17) is 4.74 Å². The fourth-order valence-corrected chi connectivity index (χ4v) is 2.82. The Morgan fingerprint density at radius 1 is 1.29 bits per heavy atom. The molecule has 1 aliphatic carbocycles. The van der Waals surface area contributed by atoms with Crippen LogP contribution in [-0.2, 0) is 16.3 Å². The SMILES string of the molecule is Fc1ccc(C2([CH][C@@H]3COCCN3)CC2)cc1C(F)(F)F. The highest BCUT2D eigenvalue weighted by Gasteiger charge is 2.47. The molecule has 2 aliphatic rings. The first-order valence-corrected chi connectivity index (χ1v) is 6.95. The lowest BCUT2D eigenvalue weighted by molar-refractivity contribution is -0.140. The van der Waals surface area contributed by atoms with Crippen molar-refractivity contribution in [2.75, 3.05) is 19.8 Å². The highest BCUT2D eigenvalue weighted by Crippen LogP contribution is 2.52. The van der Waals surface area contributed by atoms with Crippen LogP contribution in [0.2, 0.25) is 0 Å². The summed E-state index contributed by atoms with van der Waals surface area (Å²) in [6.07, 6.45) is -1.08. The van der Waals surface area contributed by atoms with Crippen molar-refractivity contribution in [2.45, 2.75) is 30.5 Å². The molecule has 2 nitrogen and oxygen atoms in total. The van der Waals surface area contributed by atoms with Gasteiger partial charge in [0.05, 0.1) is 18.8 Å². The summed E-state index contributed by atoms with van der Waals surface area (Å²) < 4.78 is 57.2. The maximum absolute atomic E-state index is 13.4. The van der Waals surface area contributed by atoms with Crippen LogP contribution in [0.1, 0.15) is 24.0 Å². The number of alkyl halides is 3. The van der Waals surface area contributed by atoms with Crippen molar-refractivity contribution in [1.29, 1.82) is 0 Å². The Morgan fingerprint density at radius 2 is 2.05 bits per heavy atom. The molecular weight excluding hydrogens is 286 g/mol. The maximum atomic E-state index is 13.4. The fraction of sp³-hybridized carbons (Fsp3) is 0.533. The molecule has 0 amide bonds. The zero-order valence-corrected chi connectivity index (χ0v) is 11.3. The summed E-state index contributed by atoms with van der Waals surface area (Å²) in [5.74, 6) is -1.22. The van der Waals surface area contributed by atoms with Gasteiger partial charge in [-0.05, 0) is 37.0 Å². The average molecular weight is 302 g/mol. The zero-order valence-electron chi connectivity index (χ0n) is 11.3. The summed E-state index contributed by atoms with van der Waals surface area (Å²) in [6, 6.07) is 3.34. The molecule has 2 fully saturated rings. The first-order valence-electron chi connectivity index (χ1n) is 6.95. The van der Waals surface area contributed by atoms with Crippen molar-refractivity contribution in [3.05, 3.63) is 41.6 Å². The van der Waals surface area contributed by atoms with Crippen molar-refractivity contribution in [2.24, 2.45) is 0 Å². The second-order valence-electron chi connectivity index (χ2n) is 5.65. The molecule has 1 heterocycles. The predicted octanol–water partition coefficient (Wildman–Crippen LogP) is 3.07. The maximum Gasteiger partial charge on any atom is 0.419 e. The highest BCUT2D eigenvalue weighted by molar-refractivity contribution is 5.40. The number of ether oxygens (including phenoxy) is 1. The van der Waals surface area contributed by atoms with Gasteiger partial charge in [0.25, 0.3) is 0 Å². The van der Waals surface area contributed by atoms with Crippen LogP contribution < -0.4 is 5.32 Å². The van der Waals surface area contributed by atoms with Crippen LogP contribution >= 0.6 is 0 Å². The van der Waals surface area contributed by atoms with Gasteiger partial charge in [-0.3, -0.25) is 0 Å². The van der Waals surface area contributed by atoms with Gasteiger partial charge in [-0.1, -0.05) is 6.07 Å². The predicted molar refractivity (Wildman–Crippen MR) is 69.2 cm³/mol. The standard InChI is InChI=1S/C15H16F4NO/c16-13-2-1-10(7-12(13)15(17,18)19)14(3-4-14)8-11-9-21-6-5-20-11/h1-2,7-8,11,20H,3-6,9H2/t11-/m1/s1. The molecule has 1 radical (unpaired) electrons. The molecule has 0 bridgehead atoms. The van der Waals surface area contributed by atoms with E-state index in [9.17, 15) is 17.6 Å². The van der Waals surface area contributed by atoms with E-state index < -0.39 is 17.6 Å². The van der Waals surface area contributed by atoms with Gasteiger partial charge in [-0.2, -0.15) is 13.2 Å². The molecule has 3 rings (SSSR count). The molecule has 1 aromatic rings. The summed E-state index contributed by atoms with van der Waals surface area (Å²) in [7, 11) is 0. The first kappa shape index (κ1) is 14.8. The molecule has 1 saturated heterocycles. The Morgan fingerprint density at radius 3 is 2.62 bits per heavy atom. The summed E-state index contributed by atoms with van der Waals surface area (Å²) in [4.78, 5) is 0. The van der Waals surface area contributed by atoms with Crippen molar-refractivity contribution in [3.63, 3.8) is 0 Å². The van der Waals surface area contributed by atoms with E-state index >= 15 is 0 Å². The Labute approximate surface area is 120 Å². The number of hydrogen-bond acceptors (Lipinski definition) is 2. The molecule has 0 aromatic heterocycles. The third kappa shape index (κ3) is 3.06. The molecule has 0 unspecified atom stereocenters. The van der Waals surface area contributed by atoms with Crippen LogP contribution in [0.15, 0.2) is 18.2 Å². The minimum absolute atomic E-state index is 0.0284. The minimum atomic E-state index is -4.66. The molecule has 1 saturated carbocycles. The first-order chi connectivity index (χ1) is 9.91. The van der Waals surface area contributed by atoms with Gasteiger partial charge in [0.2, 0.25) is 0 Å². The number of morpholine rings is 1. The van der Waals surface area contributed by atoms with E-state index in [1.54, 1.807) is 0 Å². The van der Waals surface area contributed by atoms with E-state index in [2.05, 4.69) is 5.32 Å². The van der Waals surface area contributed by atoms with Crippen LogP contribution in [-0.4, -0.2) is 25.8 Å². The molecular formula is C15H16F4NO. The van der Waals surface area contributed by atoms with Crippen molar-refractivity contribution in [3.8, 4) is 0 Å². The van der Waals surface area contributed by atoms with E-state index in [-0.39, 0.29) is 11.5 Å². The van der Waals surface area contributed by atoms with Gasteiger partial charge in [0.1, 0.15) is 5.82 Å². The normalized spacial score (nSPS) is 24.9. The number of halogens is 4. The molecule has 1 N–H and O–H groups in total. The Bertz CT molecular complexity index is 519. The van der Waals surface area contributed by atoms with Crippen molar-refractivity contribution < 1.29 is 22.3 Å². The molecule has 115 valence electrons. The topological polar surface area (TPSA) is 21.3 Å². The summed E-state index contributed by atoms with van der Waals surface area (Å²) >= 11 is 0. The van der Waals surface area contributed by atoms with E-state index in [0.29, 0.717) is 18.8 Å². The van der Waals surface area contributed by atoms with Gasteiger partial charge < -0.3 is 10.1 Å². The third-order valence-electron chi connectivity index (χ3n) is 4.11. The van der Waals surface area contributed by atoms with Gasteiger partial charge in [-0.25, -0.2) is 4.39 Å². The van der Waals surface area contributed by atoms with Gasteiger partial charge in [0.15, 0.2) is 0 Å². The van der Waals surface area contributed by atoms with Crippen LogP contribution in [0.4, 0.5) is 17.6 Å². The number of benzene rings is 1. The molecule has 6 heteroatoms. The van der Waals surface area contributed by atoms with E-state index in [0.717, 1.165) is 31.5 Å². The smallest absolute Gasteiger partial charge is 0.379 e. The minimum Gasteiger partial charge on any atom is -0.379 e. The second-order valence-corrected chi connectivity index (χ2v) is 5.65. The molecule has 1 aromatic carbocycles. The monoisotopic (exact) mass is 302 g/mol. The van der Waals surface area contributed by atoms with Gasteiger partial charge in [-0.15, -0.1) is 0 Å². The summed E-state index contributed by atoms with van der Waals surface area (Å²) in [5.41, 5.74) is -1.04. The largest absolute Gasteiger partial charge is 0.419 e. The van der Waals surface area contributed by atoms with E-state index in [1.165, 1.54) is 6.07 Å². The number of nitrogens with one attached hydrogen (secondary N) is 1. The zero-order chi connectivity index (χ0) is 15.1. The highest BCUT2D eigenvalue weighted by atomic mass is 19.4. The lowest BCUT2D eigenvalue weighted by Crippen LogP contribution is -2.43. The van der Waals surface area contributed by atoms with Crippen molar-refractivity contribution >= 4 is 0 Å². The molecule has 1 aliphatic heterocycles. The Hall–Kier alpha value is -1.14. The molecule has 21 heavy (non-hydrogen) atoms. The van der Waals surface area contributed by atoms with Gasteiger partial charge in [0, 0.05) is 18.0 Å². The summed E-state index contributed by atoms with van der Waals surface area (Å²) in [6.45, 7) is 1.90. The lowest BCUT2D eigenvalue weighted by atomic mass is 9.87. The van der Waals surface area contributed by atoms with Crippen LogP contribution in [0.3, 0.4) is 0 Å². The van der Waals surface area contributed by atoms with Crippen LogP contribution in [0, 0.1) is 12.2 Å². The fourth-order valence-electron chi connectivity index (χ4n) is 2.82. The molecule has 0 spiro atoms. The van der Waals surface area contributed by atoms with Crippen LogP contribution in [0.5, 0.6) is 0 Å². The molecule has 1 atom stereocenters. The van der Waals surface area contributed by atoms with Crippen molar-refractivity contribution in [1.82, 2.24) is 5.32 Å². The lowest BCUT2D eigenvalue weighted by Gasteiger charge is -2.28. The second kappa shape index (κ2) is 5.25. The van der Waals surface area contributed by atoms with Gasteiger partial charge >= 0.3 is 6.18 Å². The quantitative estimate of drug-likeness (QED) is 0.867. The number of rotatable bonds is 3. The average Bonchev–Trinajstić information content (AvgIpc) is 3.20. The van der Waals surface area contributed by atoms with Crippen LogP contribution in [0.25, 0.3) is 0 Å². The Balaban J connectivity index is 1.82. The number of hydrogen-bond donors (Lipinski definition) is 1. The summed E-state index contributed by atoms with van der Waals surface area (Å²) in [5, 5.41) is 3.26. The third-order valence-corrected chi connectivity index (χ3v) is 4.11. The van der Waals surface area contributed by atoms with E-state index in [1.807, 2.05) is 6.42 Å². The Kier molecular flexibility index (Phi) is 3.69.